The van der Waals surface area contributed by atoms with Crippen molar-refractivity contribution in [1.29, 1.82) is 0 Å². The van der Waals surface area contributed by atoms with E-state index >= 15 is 0 Å². The van der Waals surface area contributed by atoms with E-state index in [2.05, 4.69) is 20.4 Å². The van der Waals surface area contributed by atoms with E-state index in [1.807, 2.05) is 0 Å². The molecule has 1 fully saturated rings. The summed E-state index contributed by atoms with van der Waals surface area (Å²) in [6, 6.07) is 5.70. The van der Waals surface area contributed by atoms with Gasteiger partial charge in [0.05, 0.1) is 24.8 Å². The maximum atomic E-state index is 11.2. The highest BCUT2D eigenvalue weighted by atomic mass is 16.5. The van der Waals surface area contributed by atoms with Gasteiger partial charge in [0, 0.05) is 0 Å². The fourth-order valence-corrected chi connectivity index (χ4v) is 1.54. The highest BCUT2D eigenvalue weighted by Gasteiger charge is 2.19. The third-order valence-corrected chi connectivity index (χ3v) is 2.39. The predicted octanol–water partition coefficient (Wildman–Crippen LogP) is 0.733. The van der Waals surface area contributed by atoms with Crippen LogP contribution in [-0.4, -0.2) is 30.9 Å². The van der Waals surface area contributed by atoms with Crippen LogP contribution in [0.5, 0.6) is 0 Å². The minimum absolute atomic E-state index is 0.00446. The summed E-state index contributed by atoms with van der Waals surface area (Å²) in [5, 5.41) is 4.53. The lowest BCUT2D eigenvalue weighted by molar-refractivity contribution is -0.119. The van der Waals surface area contributed by atoms with Gasteiger partial charge in [0.25, 0.3) is 0 Å². The summed E-state index contributed by atoms with van der Waals surface area (Å²) in [5.41, 5.74) is 0.925. The molecule has 1 saturated heterocycles. The van der Waals surface area contributed by atoms with Gasteiger partial charge in [-0.15, -0.1) is 0 Å². The molecule has 2 N–H and O–H groups in total. The number of ether oxygens (including phenoxy) is 1. The topological polar surface area (TPSA) is 96.9 Å². The molecule has 1 aliphatic rings. The van der Waals surface area contributed by atoms with Gasteiger partial charge in [-0.3, -0.25) is 15.4 Å². The van der Waals surface area contributed by atoms with Crippen LogP contribution in [0.4, 0.5) is 10.5 Å². The Morgan fingerprint density at radius 2 is 1.89 bits per heavy atom. The fourth-order valence-electron chi connectivity index (χ4n) is 1.54. The summed E-state index contributed by atoms with van der Waals surface area (Å²) in [6.45, 7) is 0. The number of aliphatic imine (C=N–C) groups is 1. The second-order valence-electron chi connectivity index (χ2n) is 3.78. The molecule has 7 heteroatoms. The molecule has 98 valence electrons. The standard InChI is InChI=1S/C12H11N3O4/c1-19-11(17)7-2-4-8(5-3-7)13-9-6-10(16)15-12(18)14-9/h2-5H,6H2,1H3,(H2,13,14,15,16,18). The maximum Gasteiger partial charge on any atom is 0.337 e. The summed E-state index contributed by atoms with van der Waals surface area (Å²) < 4.78 is 4.57. The van der Waals surface area contributed by atoms with Gasteiger partial charge in [-0.1, -0.05) is 0 Å². The van der Waals surface area contributed by atoms with E-state index in [9.17, 15) is 14.4 Å². The molecule has 7 nitrogen and oxygen atoms in total. The molecule has 1 aliphatic heterocycles. The molecule has 1 heterocycles. The average Bonchev–Trinajstić information content (AvgIpc) is 2.37. The highest BCUT2D eigenvalue weighted by molar-refractivity contribution is 6.16. The Labute approximate surface area is 108 Å². The van der Waals surface area contributed by atoms with Crippen molar-refractivity contribution >= 4 is 29.4 Å². The van der Waals surface area contributed by atoms with Crippen LogP contribution in [0.2, 0.25) is 0 Å². The van der Waals surface area contributed by atoms with Crippen molar-refractivity contribution in [2.24, 2.45) is 4.99 Å². The molecular formula is C12H11N3O4. The number of carbonyl (C=O) groups excluding carboxylic acids is 3. The summed E-state index contributed by atoms with van der Waals surface area (Å²) >= 11 is 0. The van der Waals surface area contributed by atoms with Crippen molar-refractivity contribution in [3.05, 3.63) is 29.8 Å². The summed E-state index contributed by atoms with van der Waals surface area (Å²) in [4.78, 5) is 37.6. The van der Waals surface area contributed by atoms with Crippen molar-refractivity contribution in [2.45, 2.75) is 6.42 Å². The number of rotatable bonds is 2. The molecular weight excluding hydrogens is 250 g/mol. The summed E-state index contributed by atoms with van der Waals surface area (Å²) in [6.07, 6.45) is 0.00446. The number of imide groups is 1. The zero-order valence-corrected chi connectivity index (χ0v) is 10.1. The van der Waals surface area contributed by atoms with Crippen LogP contribution < -0.4 is 10.6 Å². The number of amidine groups is 1. The third-order valence-electron chi connectivity index (χ3n) is 2.39. The van der Waals surface area contributed by atoms with Gasteiger partial charge < -0.3 is 4.74 Å². The van der Waals surface area contributed by atoms with Gasteiger partial charge >= 0.3 is 12.0 Å². The molecule has 3 amide bonds. The van der Waals surface area contributed by atoms with Crippen LogP contribution in [0.1, 0.15) is 16.8 Å². The van der Waals surface area contributed by atoms with Gasteiger partial charge in [0.2, 0.25) is 5.91 Å². The van der Waals surface area contributed by atoms with Gasteiger partial charge in [-0.2, -0.15) is 0 Å². The van der Waals surface area contributed by atoms with Gasteiger partial charge in [-0.05, 0) is 24.3 Å². The molecule has 0 radical (unpaired) electrons. The minimum Gasteiger partial charge on any atom is -0.465 e. The first-order valence-corrected chi connectivity index (χ1v) is 5.45. The molecule has 0 bridgehead atoms. The third kappa shape index (κ3) is 3.15. The molecule has 2 rings (SSSR count). The van der Waals surface area contributed by atoms with E-state index in [1.54, 1.807) is 24.3 Å². The largest absolute Gasteiger partial charge is 0.465 e. The summed E-state index contributed by atoms with van der Waals surface area (Å²) in [7, 11) is 1.30. The second-order valence-corrected chi connectivity index (χ2v) is 3.78. The number of nitrogens with zero attached hydrogens (tertiary/aromatic N) is 1. The molecule has 0 saturated carbocycles. The van der Waals surface area contributed by atoms with Crippen molar-refractivity contribution < 1.29 is 19.1 Å². The Hall–Kier alpha value is -2.70. The number of urea groups is 1. The van der Waals surface area contributed by atoms with E-state index in [1.165, 1.54) is 7.11 Å². The number of benzene rings is 1. The number of methoxy groups -OCH3 is 1. The quantitative estimate of drug-likeness (QED) is 0.767. The first-order chi connectivity index (χ1) is 9.08. The number of carbonyl (C=O) groups is 3. The second kappa shape index (κ2) is 5.30. The Kier molecular flexibility index (Phi) is 3.56. The number of hydrogen-bond acceptors (Lipinski definition) is 5. The zero-order valence-electron chi connectivity index (χ0n) is 10.1. The number of hydrogen-bond donors (Lipinski definition) is 2. The summed E-state index contributed by atoms with van der Waals surface area (Å²) in [5.74, 6) is -0.585. The molecule has 0 spiro atoms. The lowest BCUT2D eigenvalue weighted by Crippen LogP contribution is -2.49. The van der Waals surface area contributed by atoms with E-state index in [0.29, 0.717) is 11.3 Å². The Bertz CT molecular complexity index is 545. The van der Waals surface area contributed by atoms with Crippen LogP contribution in [-0.2, 0) is 9.53 Å². The predicted molar refractivity (Wildman–Crippen MR) is 66.2 cm³/mol. The van der Waals surface area contributed by atoms with Crippen LogP contribution in [0, 0.1) is 0 Å². The molecule has 0 atom stereocenters. The first kappa shape index (κ1) is 12.7. The Morgan fingerprint density at radius 3 is 2.47 bits per heavy atom. The molecule has 1 aromatic rings. The van der Waals surface area contributed by atoms with Crippen LogP contribution in [0.25, 0.3) is 0 Å². The number of esters is 1. The van der Waals surface area contributed by atoms with Crippen molar-refractivity contribution in [2.75, 3.05) is 7.11 Å². The first-order valence-electron chi connectivity index (χ1n) is 5.45. The number of amides is 3. The van der Waals surface area contributed by atoms with E-state index in [0.717, 1.165) is 0 Å². The zero-order chi connectivity index (χ0) is 13.8. The smallest absolute Gasteiger partial charge is 0.337 e. The highest BCUT2D eigenvalue weighted by Crippen LogP contribution is 2.14. The molecule has 0 unspecified atom stereocenters. The Balaban J connectivity index is 2.16. The van der Waals surface area contributed by atoms with Crippen molar-refractivity contribution in [3.63, 3.8) is 0 Å². The Morgan fingerprint density at radius 1 is 1.21 bits per heavy atom. The van der Waals surface area contributed by atoms with Crippen molar-refractivity contribution in [3.8, 4) is 0 Å². The van der Waals surface area contributed by atoms with Crippen LogP contribution >= 0.6 is 0 Å². The fraction of sp³-hybridized carbons (Fsp3) is 0.167. The van der Waals surface area contributed by atoms with E-state index in [-0.39, 0.29) is 12.3 Å². The van der Waals surface area contributed by atoms with E-state index in [4.69, 9.17) is 0 Å². The van der Waals surface area contributed by atoms with Crippen molar-refractivity contribution in [1.82, 2.24) is 10.6 Å². The number of nitrogens with one attached hydrogen (secondary N) is 2. The monoisotopic (exact) mass is 261 g/mol. The van der Waals surface area contributed by atoms with E-state index < -0.39 is 17.9 Å². The lowest BCUT2D eigenvalue weighted by Gasteiger charge is -2.14. The minimum atomic E-state index is -0.596. The van der Waals surface area contributed by atoms with Gasteiger partial charge in [-0.25, -0.2) is 14.6 Å². The molecule has 19 heavy (non-hydrogen) atoms. The molecule has 0 aromatic heterocycles. The van der Waals surface area contributed by atoms with Crippen LogP contribution in [0.3, 0.4) is 0 Å². The normalized spacial score (nSPS) is 16.8. The lowest BCUT2D eigenvalue weighted by atomic mass is 10.2. The average molecular weight is 261 g/mol. The van der Waals surface area contributed by atoms with Gasteiger partial charge in [0.15, 0.2) is 0 Å². The van der Waals surface area contributed by atoms with Gasteiger partial charge in [0.1, 0.15) is 5.84 Å². The molecule has 0 aliphatic carbocycles. The maximum absolute atomic E-state index is 11.2. The molecule has 1 aromatic carbocycles. The van der Waals surface area contributed by atoms with Crippen LogP contribution in [0.15, 0.2) is 29.3 Å². The SMILES string of the molecule is COC(=O)c1ccc(N=C2CC(=O)NC(=O)N2)cc1.